The first-order valence-corrected chi connectivity index (χ1v) is 7.19. The number of anilines is 2. The molecule has 1 aliphatic heterocycles. The molecule has 1 N–H and O–H groups in total. The lowest BCUT2D eigenvalue weighted by atomic mass is 10.0. The van der Waals surface area contributed by atoms with Crippen molar-refractivity contribution in [2.75, 3.05) is 43.9 Å². The van der Waals surface area contributed by atoms with E-state index in [9.17, 15) is 10.1 Å². The van der Waals surface area contributed by atoms with E-state index in [1.807, 2.05) is 11.8 Å². The molecule has 1 saturated heterocycles. The van der Waals surface area contributed by atoms with Crippen molar-refractivity contribution in [2.45, 2.75) is 25.8 Å². The summed E-state index contributed by atoms with van der Waals surface area (Å²) in [6.45, 7) is 4.16. The van der Waals surface area contributed by atoms with E-state index in [0.29, 0.717) is 24.4 Å². The Hall–Kier alpha value is -1.96. The van der Waals surface area contributed by atoms with E-state index < -0.39 is 4.92 Å². The summed E-state index contributed by atoms with van der Waals surface area (Å²) in [5.41, 5.74) is -0.0278. The average molecular weight is 294 g/mol. The molecule has 8 nitrogen and oxygen atoms in total. The fraction of sp³-hybridized carbons (Fsp3) is 0.692. The predicted octanol–water partition coefficient (Wildman–Crippen LogP) is 1.35. The van der Waals surface area contributed by atoms with Crippen molar-refractivity contribution in [1.82, 2.24) is 14.9 Å². The van der Waals surface area contributed by atoms with Crippen LogP contribution in [0.3, 0.4) is 0 Å². The SMILES string of the molecule is CCNc1ncc([N+](=O)[O-])c(N2CCC(N(C)C)CC2)n1. The normalized spacial score (nSPS) is 16.3. The summed E-state index contributed by atoms with van der Waals surface area (Å²) in [5, 5.41) is 14.2. The first-order chi connectivity index (χ1) is 10.0. The van der Waals surface area contributed by atoms with Crippen molar-refractivity contribution in [3.8, 4) is 0 Å². The average Bonchev–Trinajstić information content (AvgIpc) is 2.47. The van der Waals surface area contributed by atoms with Crippen LogP contribution in [0.15, 0.2) is 6.20 Å². The van der Waals surface area contributed by atoms with Crippen molar-refractivity contribution in [2.24, 2.45) is 0 Å². The van der Waals surface area contributed by atoms with Gasteiger partial charge in [-0.05, 0) is 33.9 Å². The highest BCUT2D eigenvalue weighted by atomic mass is 16.6. The maximum atomic E-state index is 11.2. The fourth-order valence-electron chi connectivity index (χ4n) is 2.57. The molecule has 0 amide bonds. The summed E-state index contributed by atoms with van der Waals surface area (Å²) in [5.74, 6) is 0.857. The van der Waals surface area contributed by atoms with Gasteiger partial charge in [0.15, 0.2) is 0 Å². The Labute approximate surface area is 124 Å². The number of nitro groups is 1. The molecule has 0 spiro atoms. The molecule has 21 heavy (non-hydrogen) atoms. The van der Waals surface area contributed by atoms with Crippen LogP contribution < -0.4 is 10.2 Å². The van der Waals surface area contributed by atoms with Crippen molar-refractivity contribution in [1.29, 1.82) is 0 Å². The van der Waals surface area contributed by atoms with E-state index in [1.54, 1.807) is 0 Å². The van der Waals surface area contributed by atoms with Gasteiger partial charge in [0.1, 0.15) is 6.20 Å². The van der Waals surface area contributed by atoms with Crippen LogP contribution in [0.2, 0.25) is 0 Å². The molecule has 2 rings (SSSR count). The minimum absolute atomic E-state index is 0.0278. The summed E-state index contributed by atoms with van der Waals surface area (Å²) in [4.78, 5) is 23.3. The number of hydrogen-bond donors (Lipinski definition) is 1. The molecular weight excluding hydrogens is 272 g/mol. The molecule has 0 saturated carbocycles. The minimum Gasteiger partial charge on any atom is -0.354 e. The van der Waals surface area contributed by atoms with Gasteiger partial charge in [0.05, 0.1) is 4.92 Å². The highest BCUT2D eigenvalue weighted by molar-refractivity contribution is 5.59. The van der Waals surface area contributed by atoms with Crippen LogP contribution in [-0.2, 0) is 0 Å². The Bertz CT molecular complexity index is 499. The van der Waals surface area contributed by atoms with Crippen molar-refractivity contribution in [3.05, 3.63) is 16.3 Å². The van der Waals surface area contributed by atoms with Crippen LogP contribution >= 0.6 is 0 Å². The van der Waals surface area contributed by atoms with Crippen LogP contribution in [0.1, 0.15) is 19.8 Å². The molecule has 2 heterocycles. The molecule has 1 aliphatic rings. The molecule has 0 unspecified atom stereocenters. The van der Waals surface area contributed by atoms with Gasteiger partial charge in [-0.15, -0.1) is 0 Å². The van der Waals surface area contributed by atoms with Crippen LogP contribution in [-0.4, -0.2) is 59.6 Å². The highest BCUT2D eigenvalue weighted by Crippen LogP contribution is 2.29. The van der Waals surface area contributed by atoms with Gasteiger partial charge < -0.3 is 15.1 Å². The Morgan fingerprint density at radius 1 is 1.48 bits per heavy atom. The first kappa shape index (κ1) is 15.4. The second kappa shape index (κ2) is 6.66. The molecule has 0 bridgehead atoms. The topological polar surface area (TPSA) is 87.4 Å². The Kier molecular flexibility index (Phi) is 4.89. The molecule has 1 aromatic rings. The Balaban J connectivity index is 2.21. The lowest BCUT2D eigenvalue weighted by molar-refractivity contribution is -0.384. The van der Waals surface area contributed by atoms with E-state index in [-0.39, 0.29) is 5.69 Å². The molecule has 0 aromatic carbocycles. The number of nitrogens with zero attached hydrogens (tertiary/aromatic N) is 5. The van der Waals surface area contributed by atoms with Crippen molar-refractivity contribution >= 4 is 17.5 Å². The summed E-state index contributed by atoms with van der Waals surface area (Å²) >= 11 is 0. The number of piperidine rings is 1. The van der Waals surface area contributed by atoms with Gasteiger partial charge in [0, 0.05) is 25.7 Å². The quantitative estimate of drug-likeness (QED) is 0.647. The van der Waals surface area contributed by atoms with E-state index >= 15 is 0 Å². The first-order valence-electron chi connectivity index (χ1n) is 7.19. The van der Waals surface area contributed by atoms with Crippen LogP contribution in [0.4, 0.5) is 17.5 Å². The predicted molar refractivity (Wildman–Crippen MR) is 81.8 cm³/mol. The van der Waals surface area contributed by atoms with Gasteiger partial charge >= 0.3 is 5.69 Å². The summed E-state index contributed by atoms with van der Waals surface area (Å²) in [7, 11) is 4.13. The zero-order valence-electron chi connectivity index (χ0n) is 12.7. The van der Waals surface area contributed by atoms with Crippen molar-refractivity contribution in [3.63, 3.8) is 0 Å². The lowest BCUT2D eigenvalue weighted by Crippen LogP contribution is -2.42. The third kappa shape index (κ3) is 3.57. The van der Waals surface area contributed by atoms with Gasteiger partial charge in [-0.3, -0.25) is 10.1 Å². The second-order valence-corrected chi connectivity index (χ2v) is 5.37. The van der Waals surface area contributed by atoms with E-state index in [2.05, 4.69) is 34.3 Å². The smallest absolute Gasteiger partial charge is 0.329 e. The molecule has 8 heteroatoms. The molecular formula is C13H22N6O2. The molecule has 0 atom stereocenters. The van der Waals surface area contributed by atoms with Crippen molar-refractivity contribution < 1.29 is 4.92 Å². The van der Waals surface area contributed by atoms with Gasteiger partial charge in [-0.1, -0.05) is 0 Å². The number of rotatable bonds is 5. The summed E-state index contributed by atoms with van der Waals surface area (Å²) in [6.07, 6.45) is 3.24. The summed E-state index contributed by atoms with van der Waals surface area (Å²) in [6, 6.07) is 0.524. The highest BCUT2D eigenvalue weighted by Gasteiger charge is 2.27. The third-order valence-corrected chi connectivity index (χ3v) is 3.78. The standard InChI is InChI=1S/C13H22N6O2/c1-4-14-13-15-9-11(19(20)21)12(16-13)18-7-5-10(6-8-18)17(2)3/h9-10H,4-8H2,1-3H3,(H,14,15,16). The molecule has 0 radical (unpaired) electrons. The lowest BCUT2D eigenvalue weighted by Gasteiger charge is -2.35. The maximum Gasteiger partial charge on any atom is 0.329 e. The number of hydrogen-bond acceptors (Lipinski definition) is 7. The third-order valence-electron chi connectivity index (χ3n) is 3.78. The Morgan fingerprint density at radius 2 is 2.14 bits per heavy atom. The number of aromatic nitrogens is 2. The number of nitrogens with one attached hydrogen (secondary N) is 1. The minimum atomic E-state index is -0.414. The van der Waals surface area contributed by atoms with Crippen LogP contribution in [0, 0.1) is 10.1 Å². The van der Waals surface area contributed by atoms with Crippen LogP contribution in [0.25, 0.3) is 0 Å². The van der Waals surface area contributed by atoms with E-state index in [0.717, 1.165) is 25.9 Å². The molecule has 116 valence electrons. The van der Waals surface area contributed by atoms with Gasteiger partial charge in [-0.2, -0.15) is 4.98 Å². The summed E-state index contributed by atoms with van der Waals surface area (Å²) < 4.78 is 0. The molecule has 1 aromatic heterocycles. The van der Waals surface area contributed by atoms with Gasteiger partial charge in [-0.25, -0.2) is 4.98 Å². The van der Waals surface area contributed by atoms with Gasteiger partial charge in [0.2, 0.25) is 11.8 Å². The molecule has 1 fully saturated rings. The monoisotopic (exact) mass is 294 g/mol. The zero-order chi connectivity index (χ0) is 15.4. The maximum absolute atomic E-state index is 11.2. The van der Waals surface area contributed by atoms with E-state index in [4.69, 9.17) is 0 Å². The van der Waals surface area contributed by atoms with E-state index in [1.165, 1.54) is 6.20 Å². The van der Waals surface area contributed by atoms with Crippen LogP contribution in [0.5, 0.6) is 0 Å². The zero-order valence-corrected chi connectivity index (χ0v) is 12.7. The Morgan fingerprint density at radius 3 is 2.67 bits per heavy atom. The largest absolute Gasteiger partial charge is 0.354 e. The molecule has 0 aliphatic carbocycles. The fourth-order valence-corrected chi connectivity index (χ4v) is 2.57. The second-order valence-electron chi connectivity index (χ2n) is 5.37. The van der Waals surface area contributed by atoms with Gasteiger partial charge in [0.25, 0.3) is 0 Å².